The summed E-state index contributed by atoms with van der Waals surface area (Å²) in [6.45, 7) is 1.86. The Hall–Kier alpha value is -2.74. The number of anilines is 1. The summed E-state index contributed by atoms with van der Waals surface area (Å²) in [6.07, 6.45) is 3.00. The van der Waals surface area contributed by atoms with Gasteiger partial charge in [-0.3, -0.25) is 10.1 Å². The molecule has 0 bridgehead atoms. The van der Waals surface area contributed by atoms with Crippen molar-refractivity contribution in [1.82, 2.24) is 19.7 Å². The van der Waals surface area contributed by atoms with E-state index in [1.807, 2.05) is 37.3 Å². The number of amides is 1. The maximum atomic E-state index is 12.2. The van der Waals surface area contributed by atoms with Gasteiger partial charge in [-0.2, -0.15) is 4.98 Å². The third-order valence-corrected chi connectivity index (χ3v) is 3.75. The van der Waals surface area contributed by atoms with Crippen molar-refractivity contribution in [2.45, 2.75) is 19.4 Å². The molecule has 118 valence electrons. The van der Waals surface area contributed by atoms with Gasteiger partial charge < -0.3 is 4.74 Å². The summed E-state index contributed by atoms with van der Waals surface area (Å²) in [4.78, 5) is 20.3. The second kappa shape index (κ2) is 7.01. The van der Waals surface area contributed by atoms with Crippen molar-refractivity contribution < 1.29 is 9.53 Å². The first-order valence-corrected chi connectivity index (χ1v) is 7.98. The second-order valence-electron chi connectivity index (χ2n) is 4.65. The van der Waals surface area contributed by atoms with E-state index < -0.39 is 6.10 Å². The summed E-state index contributed by atoms with van der Waals surface area (Å²) in [5.74, 6) is -0.265. The number of ether oxygens (including phenoxy) is 1. The van der Waals surface area contributed by atoms with Crippen LogP contribution < -0.4 is 10.1 Å². The lowest BCUT2D eigenvalue weighted by Gasteiger charge is -2.13. The van der Waals surface area contributed by atoms with E-state index in [9.17, 15) is 4.79 Å². The Morgan fingerprint density at radius 1 is 1.35 bits per heavy atom. The molecular formula is C15H15N5O2S. The predicted molar refractivity (Wildman–Crippen MR) is 86.8 cm³/mol. The molecule has 0 aliphatic carbocycles. The quantitative estimate of drug-likeness (QED) is 0.751. The normalized spacial score (nSPS) is 11.9. The number of hydrogen-bond donors (Lipinski definition) is 1. The zero-order valence-electron chi connectivity index (χ0n) is 12.4. The smallest absolute Gasteiger partial charge is 0.336 e. The Morgan fingerprint density at radius 2 is 2.17 bits per heavy atom. The molecular weight excluding hydrogens is 314 g/mol. The minimum absolute atomic E-state index is 0.162. The van der Waals surface area contributed by atoms with Gasteiger partial charge in [-0.1, -0.05) is 25.1 Å². The maximum absolute atomic E-state index is 12.2. The number of nitrogens with one attached hydrogen (secondary N) is 1. The molecule has 2 heterocycles. The van der Waals surface area contributed by atoms with Crippen LogP contribution in [-0.4, -0.2) is 31.8 Å². The van der Waals surface area contributed by atoms with E-state index in [-0.39, 0.29) is 11.9 Å². The molecule has 0 aliphatic rings. The van der Waals surface area contributed by atoms with Gasteiger partial charge in [0.15, 0.2) is 11.2 Å². The van der Waals surface area contributed by atoms with Gasteiger partial charge in [0.1, 0.15) is 6.33 Å². The first-order valence-electron chi connectivity index (χ1n) is 7.10. The number of carbonyl (C=O) groups is 1. The average molecular weight is 329 g/mol. The number of para-hydroxylation sites is 1. The summed E-state index contributed by atoms with van der Waals surface area (Å²) >= 11 is 1.35. The molecule has 0 saturated heterocycles. The van der Waals surface area contributed by atoms with Gasteiger partial charge in [-0.15, -0.1) is 16.4 Å². The van der Waals surface area contributed by atoms with E-state index >= 15 is 0 Å². The van der Waals surface area contributed by atoms with Crippen LogP contribution in [0.2, 0.25) is 0 Å². The largest absolute Gasteiger partial charge is 0.449 e. The topological polar surface area (TPSA) is 81.9 Å². The van der Waals surface area contributed by atoms with Gasteiger partial charge in [0.25, 0.3) is 5.91 Å². The predicted octanol–water partition coefficient (Wildman–Crippen LogP) is 2.52. The van der Waals surface area contributed by atoms with Gasteiger partial charge in [-0.25, -0.2) is 9.67 Å². The third kappa shape index (κ3) is 3.72. The molecule has 0 spiro atoms. The van der Waals surface area contributed by atoms with E-state index in [1.165, 1.54) is 11.3 Å². The number of benzene rings is 1. The van der Waals surface area contributed by atoms with Gasteiger partial charge in [0.05, 0.1) is 5.69 Å². The fourth-order valence-corrected chi connectivity index (χ4v) is 2.46. The molecule has 1 amide bonds. The standard InChI is InChI=1S/C15H15N5O2S/c1-2-12(13(21)18-15-16-8-9-23-15)22-14-17-10-20(19-14)11-6-4-3-5-7-11/h3-10,12H,2H2,1H3,(H,16,18,21). The molecule has 1 atom stereocenters. The van der Waals surface area contributed by atoms with Crippen molar-refractivity contribution in [3.63, 3.8) is 0 Å². The van der Waals surface area contributed by atoms with E-state index in [1.54, 1.807) is 22.6 Å². The fraction of sp³-hybridized carbons (Fsp3) is 0.200. The SMILES string of the molecule is CCC(Oc1ncn(-c2ccccc2)n1)C(=O)Nc1nccs1. The van der Waals surface area contributed by atoms with Crippen LogP contribution in [0.3, 0.4) is 0 Å². The van der Waals surface area contributed by atoms with Crippen LogP contribution in [-0.2, 0) is 4.79 Å². The van der Waals surface area contributed by atoms with Crippen LogP contribution in [0.1, 0.15) is 13.3 Å². The lowest BCUT2D eigenvalue weighted by molar-refractivity contribution is -0.123. The summed E-state index contributed by atoms with van der Waals surface area (Å²) in [7, 11) is 0. The van der Waals surface area contributed by atoms with Crippen molar-refractivity contribution in [3.05, 3.63) is 48.2 Å². The highest BCUT2D eigenvalue weighted by Crippen LogP contribution is 2.14. The average Bonchev–Trinajstić information content (AvgIpc) is 3.25. The van der Waals surface area contributed by atoms with Crippen LogP contribution in [0.4, 0.5) is 5.13 Å². The molecule has 1 aromatic carbocycles. The second-order valence-corrected chi connectivity index (χ2v) is 5.54. The summed E-state index contributed by atoms with van der Waals surface area (Å²) in [5.41, 5.74) is 0.870. The Labute approximate surface area is 137 Å². The van der Waals surface area contributed by atoms with E-state index in [0.717, 1.165) is 5.69 Å². The molecule has 0 radical (unpaired) electrons. The van der Waals surface area contributed by atoms with Gasteiger partial charge in [-0.05, 0) is 18.6 Å². The first-order chi connectivity index (χ1) is 11.3. The molecule has 0 fully saturated rings. The van der Waals surface area contributed by atoms with Crippen LogP contribution in [0.15, 0.2) is 48.2 Å². The molecule has 0 saturated carbocycles. The molecule has 3 aromatic rings. The number of rotatable bonds is 6. The van der Waals surface area contributed by atoms with E-state index in [4.69, 9.17) is 4.74 Å². The molecule has 8 heteroatoms. The molecule has 0 aliphatic heterocycles. The third-order valence-electron chi connectivity index (χ3n) is 3.06. The van der Waals surface area contributed by atoms with Crippen molar-refractivity contribution in [2.24, 2.45) is 0 Å². The van der Waals surface area contributed by atoms with Crippen LogP contribution in [0.5, 0.6) is 6.01 Å². The number of thiazole rings is 1. The number of aromatic nitrogens is 4. The monoisotopic (exact) mass is 329 g/mol. The van der Waals surface area contributed by atoms with Crippen molar-refractivity contribution >= 4 is 22.4 Å². The molecule has 2 aromatic heterocycles. The highest BCUT2D eigenvalue weighted by Gasteiger charge is 2.21. The molecule has 23 heavy (non-hydrogen) atoms. The number of hydrogen-bond acceptors (Lipinski definition) is 6. The molecule has 3 rings (SSSR count). The Balaban J connectivity index is 1.67. The van der Waals surface area contributed by atoms with E-state index in [2.05, 4.69) is 20.4 Å². The Kier molecular flexibility index (Phi) is 4.62. The number of carbonyl (C=O) groups excluding carboxylic acids is 1. The van der Waals surface area contributed by atoms with Crippen molar-refractivity contribution in [3.8, 4) is 11.7 Å². The Bertz CT molecular complexity index is 757. The lowest BCUT2D eigenvalue weighted by Crippen LogP contribution is -2.32. The maximum Gasteiger partial charge on any atom is 0.336 e. The van der Waals surface area contributed by atoms with Crippen LogP contribution >= 0.6 is 11.3 Å². The Morgan fingerprint density at radius 3 is 2.87 bits per heavy atom. The zero-order chi connectivity index (χ0) is 16.1. The number of nitrogens with zero attached hydrogens (tertiary/aromatic N) is 4. The highest BCUT2D eigenvalue weighted by molar-refractivity contribution is 7.13. The fourth-order valence-electron chi connectivity index (χ4n) is 1.93. The summed E-state index contributed by atoms with van der Waals surface area (Å²) in [6, 6.07) is 9.72. The van der Waals surface area contributed by atoms with Crippen LogP contribution in [0.25, 0.3) is 5.69 Å². The molecule has 1 N–H and O–H groups in total. The summed E-state index contributed by atoms with van der Waals surface area (Å²) < 4.78 is 7.20. The lowest BCUT2D eigenvalue weighted by atomic mass is 10.2. The van der Waals surface area contributed by atoms with Crippen LogP contribution in [0, 0.1) is 0 Å². The molecule has 7 nitrogen and oxygen atoms in total. The van der Waals surface area contributed by atoms with Crippen molar-refractivity contribution in [1.29, 1.82) is 0 Å². The molecule has 1 unspecified atom stereocenters. The van der Waals surface area contributed by atoms with Gasteiger partial charge >= 0.3 is 6.01 Å². The van der Waals surface area contributed by atoms with Crippen molar-refractivity contribution in [2.75, 3.05) is 5.32 Å². The van der Waals surface area contributed by atoms with E-state index in [0.29, 0.717) is 11.6 Å². The minimum Gasteiger partial charge on any atom is -0.449 e. The zero-order valence-corrected chi connectivity index (χ0v) is 13.2. The summed E-state index contributed by atoms with van der Waals surface area (Å²) in [5, 5.41) is 9.28. The first kappa shape index (κ1) is 15.2. The van der Waals surface area contributed by atoms with Gasteiger partial charge in [0.2, 0.25) is 0 Å². The minimum atomic E-state index is -0.675. The van der Waals surface area contributed by atoms with Gasteiger partial charge in [0, 0.05) is 11.6 Å². The highest BCUT2D eigenvalue weighted by atomic mass is 32.1.